The molecule has 0 fully saturated rings. The summed E-state index contributed by atoms with van der Waals surface area (Å²) in [6, 6.07) is 59.9. The van der Waals surface area contributed by atoms with Crippen molar-refractivity contribution in [1.82, 2.24) is 0 Å². The number of hydrogen-bond donors (Lipinski definition) is 1. The summed E-state index contributed by atoms with van der Waals surface area (Å²) < 4.78 is 0. The maximum absolute atomic E-state index is 8.55. The van der Waals surface area contributed by atoms with Crippen LogP contribution in [0.1, 0.15) is 52.8 Å². The van der Waals surface area contributed by atoms with Gasteiger partial charge < -0.3 is 5.41 Å². The predicted molar refractivity (Wildman–Crippen MR) is 200 cm³/mol. The second-order valence-electron chi connectivity index (χ2n) is 13.6. The molecule has 48 heavy (non-hydrogen) atoms. The first-order valence-corrected chi connectivity index (χ1v) is 16.8. The topological polar surface area (TPSA) is 23.9 Å². The van der Waals surface area contributed by atoms with E-state index in [1.165, 1.54) is 78.5 Å². The number of hydrogen-bond acceptors (Lipinski definition) is 1. The third-order valence-electron chi connectivity index (χ3n) is 10.9. The van der Waals surface area contributed by atoms with Crippen molar-refractivity contribution in [3.8, 4) is 44.5 Å². The minimum atomic E-state index is -0.482. The van der Waals surface area contributed by atoms with Gasteiger partial charge in [-0.05, 0) is 90.0 Å². The van der Waals surface area contributed by atoms with Crippen molar-refractivity contribution in [2.45, 2.75) is 24.7 Å². The first-order chi connectivity index (χ1) is 23.5. The summed E-state index contributed by atoms with van der Waals surface area (Å²) in [5.74, 6) is 0. The van der Waals surface area contributed by atoms with Gasteiger partial charge in [-0.1, -0.05) is 166 Å². The Morgan fingerprint density at radius 3 is 1.58 bits per heavy atom. The first kappa shape index (κ1) is 28.4. The molecular formula is C47H35N. The van der Waals surface area contributed by atoms with Crippen molar-refractivity contribution in [2.75, 3.05) is 0 Å². The van der Waals surface area contributed by atoms with E-state index in [4.69, 9.17) is 5.41 Å². The lowest BCUT2D eigenvalue weighted by Crippen LogP contribution is -2.40. The lowest BCUT2D eigenvalue weighted by atomic mass is 9.55. The molecule has 0 saturated heterocycles. The molecule has 0 radical (unpaired) electrons. The zero-order valence-electron chi connectivity index (χ0n) is 27.2. The molecule has 0 unspecified atom stereocenters. The Balaban J connectivity index is 1.35. The van der Waals surface area contributed by atoms with Crippen molar-refractivity contribution < 1.29 is 0 Å². The number of rotatable bonds is 4. The molecule has 0 aromatic heterocycles. The highest BCUT2D eigenvalue weighted by atomic mass is 14.5. The molecule has 7 aromatic rings. The van der Waals surface area contributed by atoms with Crippen LogP contribution in [0.25, 0.3) is 44.5 Å². The Bertz CT molecular complexity index is 2330. The van der Waals surface area contributed by atoms with Crippen LogP contribution in [0.5, 0.6) is 0 Å². The van der Waals surface area contributed by atoms with E-state index < -0.39 is 5.41 Å². The molecule has 7 aromatic carbocycles. The summed E-state index contributed by atoms with van der Waals surface area (Å²) in [6.45, 7) is 4.71. The Morgan fingerprint density at radius 2 is 0.938 bits per heavy atom. The smallest absolute Gasteiger partial charge is 0.0719 e. The van der Waals surface area contributed by atoms with Crippen molar-refractivity contribution in [2.24, 2.45) is 0 Å². The van der Waals surface area contributed by atoms with Gasteiger partial charge in [-0.3, -0.25) is 0 Å². The van der Waals surface area contributed by atoms with Crippen LogP contribution in [-0.4, -0.2) is 6.21 Å². The van der Waals surface area contributed by atoms with Crippen LogP contribution in [-0.2, 0) is 10.8 Å². The Hall–Kier alpha value is -5.79. The SMILES string of the molecule is CC1(C)c2ccccc2C2(c3ccc(-c4ccc(-c5ccccc5)cc4-c4ccccc4)cc3-c3c(C=N)cccc32)c2ccccc21. The van der Waals surface area contributed by atoms with Crippen LogP contribution in [0.2, 0.25) is 0 Å². The number of nitrogens with one attached hydrogen (secondary N) is 1. The van der Waals surface area contributed by atoms with Crippen LogP contribution >= 0.6 is 0 Å². The lowest BCUT2D eigenvalue weighted by molar-refractivity contribution is 0.563. The van der Waals surface area contributed by atoms with E-state index >= 15 is 0 Å². The van der Waals surface area contributed by atoms with Gasteiger partial charge in [0.05, 0.1) is 5.41 Å². The van der Waals surface area contributed by atoms with E-state index in [0.717, 1.165) is 11.1 Å². The Morgan fingerprint density at radius 1 is 0.396 bits per heavy atom. The second-order valence-corrected chi connectivity index (χ2v) is 13.6. The molecule has 0 amide bonds. The standard InChI is InChI=1S/C47H35N/c1-46(2)40-19-9-11-21-42(40)47(43-22-12-10-20-41(43)46)39-27-25-34(29-38(39)45-35(30-48)18-13-23-44(45)47)36-26-24-33(31-14-5-3-6-15-31)28-37(36)32-16-7-4-8-17-32/h3-30,48H,1-2H3. The van der Waals surface area contributed by atoms with E-state index in [-0.39, 0.29) is 5.41 Å². The molecule has 0 aliphatic heterocycles. The maximum Gasteiger partial charge on any atom is 0.0719 e. The van der Waals surface area contributed by atoms with Gasteiger partial charge >= 0.3 is 0 Å². The average molecular weight is 614 g/mol. The molecule has 228 valence electrons. The van der Waals surface area contributed by atoms with Gasteiger partial charge in [0.25, 0.3) is 0 Å². The molecule has 2 aliphatic carbocycles. The quantitative estimate of drug-likeness (QED) is 0.191. The molecule has 1 spiro atoms. The number of fused-ring (bicyclic) bond motifs is 9. The van der Waals surface area contributed by atoms with E-state index in [0.29, 0.717) is 0 Å². The van der Waals surface area contributed by atoms with Crippen molar-refractivity contribution in [1.29, 1.82) is 5.41 Å². The molecule has 1 N–H and O–H groups in total. The van der Waals surface area contributed by atoms with Crippen LogP contribution in [0.4, 0.5) is 0 Å². The third-order valence-corrected chi connectivity index (χ3v) is 10.9. The average Bonchev–Trinajstić information content (AvgIpc) is 3.45. The normalized spacial score (nSPS) is 14.5. The molecule has 1 nitrogen and oxygen atoms in total. The monoisotopic (exact) mass is 613 g/mol. The lowest BCUT2D eigenvalue weighted by Gasteiger charge is -2.46. The molecule has 2 aliphatic rings. The highest BCUT2D eigenvalue weighted by molar-refractivity contribution is 6.00. The Kier molecular flexibility index (Phi) is 6.29. The summed E-state index contributed by atoms with van der Waals surface area (Å²) in [5.41, 5.74) is 17.8. The zero-order chi connectivity index (χ0) is 32.5. The molecular weight excluding hydrogens is 579 g/mol. The van der Waals surface area contributed by atoms with Gasteiger partial charge in [0.2, 0.25) is 0 Å². The van der Waals surface area contributed by atoms with Crippen molar-refractivity contribution >= 4 is 6.21 Å². The molecule has 0 saturated carbocycles. The molecule has 0 bridgehead atoms. The summed E-state index contributed by atoms with van der Waals surface area (Å²) in [7, 11) is 0. The van der Waals surface area contributed by atoms with E-state index in [2.05, 4.69) is 178 Å². The van der Waals surface area contributed by atoms with Gasteiger partial charge in [-0.2, -0.15) is 0 Å². The van der Waals surface area contributed by atoms with E-state index in [1.807, 2.05) is 0 Å². The second kappa shape index (κ2) is 10.6. The van der Waals surface area contributed by atoms with Gasteiger partial charge in [0.15, 0.2) is 0 Å². The van der Waals surface area contributed by atoms with E-state index in [9.17, 15) is 0 Å². The number of benzene rings is 7. The highest BCUT2D eigenvalue weighted by Gasteiger charge is 2.53. The Labute approximate surface area is 282 Å². The summed E-state index contributed by atoms with van der Waals surface area (Å²) in [5, 5.41) is 8.55. The van der Waals surface area contributed by atoms with Crippen LogP contribution in [0, 0.1) is 5.41 Å². The summed E-state index contributed by atoms with van der Waals surface area (Å²) in [4.78, 5) is 0. The predicted octanol–water partition coefficient (Wildman–Crippen LogP) is 11.7. The fourth-order valence-corrected chi connectivity index (χ4v) is 8.74. The fourth-order valence-electron chi connectivity index (χ4n) is 8.74. The summed E-state index contributed by atoms with van der Waals surface area (Å²) >= 11 is 0. The fraction of sp³-hybridized carbons (Fsp3) is 0.0851. The molecule has 0 atom stereocenters. The first-order valence-electron chi connectivity index (χ1n) is 16.8. The van der Waals surface area contributed by atoms with Gasteiger partial charge in [0.1, 0.15) is 0 Å². The van der Waals surface area contributed by atoms with Gasteiger partial charge in [-0.15, -0.1) is 0 Å². The largest absolute Gasteiger partial charge is 0.308 e. The summed E-state index contributed by atoms with van der Waals surface area (Å²) in [6.07, 6.45) is 1.53. The maximum atomic E-state index is 8.55. The van der Waals surface area contributed by atoms with Crippen LogP contribution in [0.3, 0.4) is 0 Å². The zero-order valence-corrected chi connectivity index (χ0v) is 27.2. The molecule has 9 rings (SSSR count). The van der Waals surface area contributed by atoms with E-state index in [1.54, 1.807) is 0 Å². The molecule has 0 heterocycles. The minimum Gasteiger partial charge on any atom is -0.308 e. The van der Waals surface area contributed by atoms with Gasteiger partial charge in [-0.25, -0.2) is 0 Å². The van der Waals surface area contributed by atoms with Crippen molar-refractivity contribution in [3.63, 3.8) is 0 Å². The molecule has 1 heteroatoms. The third kappa shape index (κ3) is 3.88. The van der Waals surface area contributed by atoms with Crippen molar-refractivity contribution in [3.05, 3.63) is 203 Å². The van der Waals surface area contributed by atoms with Crippen LogP contribution in [0.15, 0.2) is 164 Å². The van der Waals surface area contributed by atoms with Gasteiger partial charge in [0, 0.05) is 17.2 Å². The van der Waals surface area contributed by atoms with Crippen LogP contribution < -0.4 is 0 Å². The minimum absolute atomic E-state index is 0.147. The highest BCUT2D eigenvalue weighted by Crippen LogP contribution is 2.62.